The molecule has 0 fully saturated rings. The first kappa shape index (κ1) is 27.2. The maximum absolute atomic E-state index is 5.21. The van der Waals surface area contributed by atoms with Crippen molar-refractivity contribution < 1.29 is 0 Å². The van der Waals surface area contributed by atoms with Crippen LogP contribution in [0, 0.1) is 0 Å². The van der Waals surface area contributed by atoms with E-state index in [2.05, 4.69) is 103 Å². The molecule has 9 rings (SSSR count). The minimum absolute atomic E-state index is 0.650. The Kier molecular flexibility index (Phi) is 6.58. The van der Waals surface area contributed by atoms with Crippen LogP contribution in [0.25, 0.3) is 89.0 Å². The van der Waals surface area contributed by atoms with Gasteiger partial charge in [-0.1, -0.05) is 133 Å². The SMILES string of the molecule is c1ccc(-c2ccc(-c3nc(-c4ccccc4)cc(-c4cc5c(-c6ccccc6)nc6ccccc6c5c5nsnc45)n3)cc2)cc1. The molecule has 0 spiro atoms. The lowest BCUT2D eigenvalue weighted by atomic mass is 9.95. The zero-order chi connectivity index (χ0) is 31.2. The molecule has 0 atom stereocenters. The van der Waals surface area contributed by atoms with Gasteiger partial charge in [0.25, 0.3) is 0 Å². The summed E-state index contributed by atoms with van der Waals surface area (Å²) in [6.45, 7) is 0. The highest BCUT2D eigenvalue weighted by molar-refractivity contribution is 7.00. The second-order valence-electron chi connectivity index (χ2n) is 11.4. The number of nitrogens with zero attached hydrogens (tertiary/aromatic N) is 5. The summed E-state index contributed by atoms with van der Waals surface area (Å²) >= 11 is 1.22. The maximum Gasteiger partial charge on any atom is 0.160 e. The van der Waals surface area contributed by atoms with Crippen molar-refractivity contribution in [2.45, 2.75) is 0 Å². The number of rotatable bonds is 5. The van der Waals surface area contributed by atoms with Crippen LogP contribution in [-0.4, -0.2) is 23.7 Å². The van der Waals surface area contributed by atoms with Gasteiger partial charge in [-0.2, -0.15) is 8.75 Å². The molecule has 6 aromatic carbocycles. The standard InChI is InChI=1S/C41H25N5S/c1-4-12-26(13-5-1)27-20-22-30(23-21-27)41-43-35(28-14-6-2-7-15-28)25-36(44-41)32-24-33-37(40-39(32)45-47-46-40)31-18-10-11-19-34(31)42-38(33)29-16-8-3-9-17-29/h1-25H. The summed E-state index contributed by atoms with van der Waals surface area (Å²) in [6.07, 6.45) is 0. The fraction of sp³-hybridized carbons (Fsp3) is 0. The summed E-state index contributed by atoms with van der Waals surface area (Å²) in [7, 11) is 0. The third kappa shape index (κ3) is 4.83. The summed E-state index contributed by atoms with van der Waals surface area (Å²) in [6, 6.07) is 51.9. The van der Waals surface area contributed by atoms with Gasteiger partial charge in [-0.25, -0.2) is 15.0 Å². The molecule has 6 heteroatoms. The maximum atomic E-state index is 5.21. The molecule has 0 amide bonds. The first-order valence-corrected chi connectivity index (χ1v) is 16.2. The molecular weight excluding hydrogens is 595 g/mol. The summed E-state index contributed by atoms with van der Waals surface area (Å²) in [4.78, 5) is 15.5. The van der Waals surface area contributed by atoms with Gasteiger partial charge >= 0.3 is 0 Å². The van der Waals surface area contributed by atoms with Crippen LogP contribution in [0.2, 0.25) is 0 Å². The lowest BCUT2D eigenvalue weighted by Crippen LogP contribution is -1.97. The Morgan fingerprint density at radius 1 is 0.404 bits per heavy atom. The monoisotopic (exact) mass is 619 g/mol. The summed E-state index contributed by atoms with van der Waals surface area (Å²) < 4.78 is 9.73. The van der Waals surface area contributed by atoms with Gasteiger partial charge in [-0.3, -0.25) is 0 Å². The van der Waals surface area contributed by atoms with Gasteiger partial charge in [0.1, 0.15) is 11.0 Å². The smallest absolute Gasteiger partial charge is 0.160 e. The van der Waals surface area contributed by atoms with Crippen LogP contribution in [-0.2, 0) is 0 Å². The first-order chi connectivity index (χ1) is 23.3. The molecule has 0 aliphatic rings. The Morgan fingerprint density at radius 2 is 0.979 bits per heavy atom. The quantitative estimate of drug-likeness (QED) is 0.179. The molecule has 0 unspecified atom stereocenters. The van der Waals surface area contributed by atoms with Gasteiger partial charge in [0.15, 0.2) is 5.82 Å². The Hall–Kier alpha value is -6.11. The van der Waals surface area contributed by atoms with Crippen molar-refractivity contribution in [1.82, 2.24) is 23.7 Å². The fourth-order valence-electron chi connectivity index (χ4n) is 6.29. The highest BCUT2D eigenvalue weighted by atomic mass is 32.1. The van der Waals surface area contributed by atoms with Crippen LogP contribution in [0.1, 0.15) is 0 Å². The number of fused-ring (bicyclic) bond motifs is 5. The number of pyridine rings is 1. The number of benzene rings is 6. The van der Waals surface area contributed by atoms with E-state index in [0.29, 0.717) is 5.82 Å². The van der Waals surface area contributed by atoms with Crippen LogP contribution < -0.4 is 0 Å². The highest BCUT2D eigenvalue weighted by Gasteiger charge is 2.21. The predicted molar refractivity (Wildman–Crippen MR) is 193 cm³/mol. The number of hydrogen-bond acceptors (Lipinski definition) is 6. The van der Waals surface area contributed by atoms with Crippen LogP contribution in [0.15, 0.2) is 152 Å². The summed E-state index contributed by atoms with van der Waals surface area (Å²) in [5.74, 6) is 0.650. The lowest BCUT2D eigenvalue weighted by Gasteiger charge is -2.14. The Labute approximate surface area is 275 Å². The molecule has 0 aliphatic heterocycles. The predicted octanol–water partition coefficient (Wildman–Crippen LogP) is 10.5. The average molecular weight is 620 g/mol. The second kappa shape index (κ2) is 11.4. The van der Waals surface area contributed by atoms with Crippen LogP contribution >= 0.6 is 11.7 Å². The van der Waals surface area contributed by atoms with Crippen molar-refractivity contribution in [3.8, 4) is 56.3 Å². The first-order valence-electron chi connectivity index (χ1n) is 15.4. The molecule has 3 aromatic heterocycles. The Bertz CT molecular complexity index is 2550. The van der Waals surface area contributed by atoms with E-state index in [-0.39, 0.29) is 0 Å². The number of para-hydroxylation sites is 1. The minimum atomic E-state index is 0.650. The number of aromatic nitrogens is 5. The van der Waals surface area contributed by atoms with E-state index in [0.717, 1.165) is 77.6 Å². The van der Waals surface area contributed by atoms with Gasteiger partial charge in [0, 0.05) is 38.4 Å². The zero-order valence-electron chi connectivity index (χ0n) is 25.1. The molecule has 47 heavy (non-hydrogen) atoms. The van der Waals surface area contributed by atoms with Crippen LogP contribution in [0.5, 0.6) is 0 Å². The fourth-order valence-corrected chi connectivity index (χ4v) is 6.86. The molecule has 5 nitrogen and oxygen atoms in total. The van der Waals surface area contributed by atoms with E-state index in [4.69, 9.17) is 23.7 Å². The third-order valence-electron chi connectivity index (χ3n) is 8.57. The van der Waals surface area contributed by atoms with Crippen molar-refractivity contribution >= 4 is 44.4 Å². The van der Waals surface area contributed by atoms with Crippen molar-refractivity contribution in [3.63, 3.8) is 0 Å². The molecule has 0 bridgehead atoms. The normalized spacial score (nSPS) is 11.4. The molecule has 0 saturated heterocycles. The van der Waals surface area contributed by atoms with Gasteiger partial charge in [-0.15, -0.1) is 0 Å². The molecule has 220 valence electrons. The second-order valence-corrected chi connectivity index (χ2v) is 12.0. The van der Waals surface area contributed by atoms with Crippen molar-refractivity contribution in [3.05, 3.63) is 152 Å². The van der Waals surface area contributed by atoms with Crippen LogP contribution in [0.4, 0.5) is 0 Å². The topological polar surface area (TPSA) is 64.5 Å². The van der Waals surface area contributed by atoms with E-state index in [1.807, 2.05) is 48.5 Å². The average Bonchev–Trinajstić information content (AvgIpc) is 3.65. The largest absolute Gasteiger partial charge is 0.247 e. The molecule has 9 aromatic rings. The number of hydrogen-bond donors (Lipinski definition) is 0. The van der Waals surface area contributed by atoms with E-state index in [9.17, 15) is 0 Å². The molecule has 3 heterocycles. The van der Waals surface area contributed by atoms with Crippen molar-refractivity contribution in [2.24, 2.45) is 0 Å². The van der Waals surface area contributed by atoms with Gasteiger partial charge in [0.2, 0.25) is 0 Å². The molecule has 0 saturated carbocycles. The molecule has 0 aliphatic carbocycles. The summed E-state index contributed by atoms with van der Waals surface area (Å²) in [5.41, 5.74) is 11.4. The molecule has 0 radical (unpaired) electrons. The lowest BCUT2D eigenvalue weighted by molar-refractivity contribution is 1.18. The third-order valence-corrected chi connectivity index (χ3v) is 9.10. The Balaban J connectivity index is 1.31. The van der Waals surface area contributed by atoms with Gasteiger partial charge < -0.3 is 0 Å². The van der Waals surface area contributed by atoms with E-state index in [1.165, 1.54) is 17.3 Å². The van der Waals surface area contributed by atoms with E-state index in [1.54, 1.807) is 0 Å². The van der Waals surface area contributed by atoms with Crippen molar-refractivity contribution in [2.75, 3.05) is 0 Å². The van der Waals surface area contributed by atoms with Gasteiger partial charge in [0.05, 0.1) is 34.3 Å². The minimum Gasteiger partial charge on any atom is -0.247 e. The van der Waals surface area contributed by atoms with E-state index < -0.39 is 0 Å². The zero-order valence-corrected chi connectivity index (χ0v) is 25.9. The molecule has 0 N–H and O–H groups in total. The van der Waals surface area contributed by atoms with Crippen molar-refractivity contribution in [1.29, 1.82) is 0 Å². The van der Waals surface area contributed by atoms with Gasteiger partial charge in [-0.05, 0) is 29.3 Å². The summed E-state index contributed by atoms with van der Waals surface area (Å²) in [5, 5.41) is 3.12. The Morgan fingerprint density at radius 3 is 1.72 bits per heavy atom. The van der Waals surface area contributed by atoms with E-state index >= 15 is 0 Å². The van der Waals surface area contributed by atoms with Crippen LogP contribution in [0.3, 0.4) is 0 Å². The highest BCUT2D eigenvalue weighted by Crippen LogP contribution is 2.41. The molecular formula is C41H25N5S.